The fourth-order valence-electron chi connectivity index (χ4n) is 0.801. The van der Waals surface area contributed by atoms with Gasteiger partial charge in [-0.25, -0.2) is 4.98 Å². The van der Waals surface area contributed by atoms with E-state index in [4.69, 9.17) is 11.5 Å². The third kappa shape index (κ3) is 2.03. The molecule has 1 heterocycles. The summed E-state index contributed by atoms with van der Waals surface area (Å²) in [6.07, 6.45) is 1.63. The molecule has 0 bridgehead atoms. The smallest absolute Gasteiger partial charge is 0.106 e. The second-order valence-electron chi connectivity index (χ2n) is 2.44. The molecule has 4 N–H and O–H groups in total. The van der Waals surface area contributed by atoms with Crippen LogP contribution in [0.15, 0.2) is 12.3 Å². The Hall–Kier alpha value is -0.360. The van der Waals surface area contributed by atoms with Gasteiger partial charge in [-0.1, -0.05) is 0 Å². The number of hydrogen-bond acceptors (Lipinski definition) is 3. The lowest BCUT2D eigenvalue weighted by molar-refractivity contribution is 0.804. The van der Waals surface area contributed by atoms with Crippen LogP contribution in [0.5, 0.6) is 0 Å². The van der Waals surface area contributed by atoms with Crippen LogP contribution in [0.3, 0.4) is 0 Å². The Labute approximate surface area is 79.3 Å². The van der Waals surface area contributed by atoms with Gasteiger partial charge in [-0.2, -0.15) is 0 Å². The van der Waals surface area contributed by atoms with E-state index in [0.717, 1.165) is 9.26 Å². The second kappa shape index (κ2) is 3.36. The number of aromatic nitrogens is 1. The molecule has 11 heavy (non-hydrogen) atoms. The average molecular weight is 263 g/mol. The van der Waals surface area contributed by atoms with Crippen molar-refractivity contribution in [2.45, 2.75) is 13.0 Å². The Balaban J connectivity index is 3.13. The lowest BCUT2D eigenvalue weighted by Crippen LogP contribution is -2.08. The molecule has 0 fully saturated rings. The van der Waals surface area contributed by atoms with Gasteiger partial charge in [0, 0.05) is 11.6 Å². The molecule has 0 radical (unpaired) electrons. The van der Waals surface area contributed by atoms with E-state index in [1.54, 1.807) is 6.20 Å². The lowest BCUT2D eigenvalue weighted by atomic mass is 10.1. The van der Waals surface area contributed by atoms with Crippen LogP contribution >= 0.6 is 22.6 Å². The summed E-state index contributed by atoms with van der Waals surface area (Å²) < 4.78 is 0.923. The van der Waals surface area contributed by atoms with Crippen LogP contribution in [0.2, 0.25) is 0 Å². The predicted octanol–water partition coefficient (Wildman–Crippen LogP) is 1.29. The van der Waals surface area contributed by atoms with E-state index < -0.39 is 0 Å². The van der Waals surface area contributed by atoms with E-state index in [9.17, 15) is 0 Å². The number of nitrogens with zero attached hydrogens (tertiary/aromatic N) is 1. The van der Waals surface area contributed by atoms with Gasteiger partial charge in [0.25, 0.3) is 0 Å². The van der Waals surface area contributed by atoms with Gasteiger partial charge < -0.3 is 11.5 Å². The van der Waals surface area contributed by atoms with Crippen molar-refractivity contribution in [3.05, 3.63) is 21.5 Å². The van der Waals surface area contributed by atoms with Gasteiger partial charge in [-0.15, -0.1) is 0 Å². The summed E-state index contributed by atoms with van der Waals surface area (Å²) in [5.74, 6) is 0. The predicted molar refractivity (Wildman–Crippen MR) is 54.0 cm³/mol. The highest BCUT2D eigenvalue weighted by molar-refractivity contribution is 14.1. The highest BCUT2D eigenvalue weighted by atomic mass is 127. The summed E-state index contributed by atoms with van der Waals surface area (Å²) in [6.45, 7) is 1.92. The first-order valence-electron chi connectivity index (χ1n) is 3.27. The number of hydrogen-bond donors (Lipinski definition) is 2. The normalized spacial score (nSPS) is 13.0. The summed E-state index contributed by atoms with van der Waals surface area (Å²) in [7, 11) is 0. The van der Waals surface area contributed by atoms with Crippen LogP contribution in [0.4, 0.5) is 5.69 Å². The highest BCUT2D eigenvalue weighted by Gasteiger charge is 2.05. The van der Waals surface area contributed by atoms with Gasteiger partial charge in [0.15, 0.2) is 0 Å². The zero-order valence-electron chi connectivity index (χ0n) is 6.21. The molecule has 1 atom stereocenters. The van der Waals surface area contributed by atoms with Crippen molar-refractivity contribution >= 4 is 28.3 Å². The van der Waals surface area contributed by atoms with Gasteiger partial charge in [0.1, 0.15) is 3.70 Å². The number of rotatable bonds is 1. The fourth-order valence-corrected chi connectivity index (χ4v) is 1.59. The molecule has 1 rings (SSSR count). The third-order valence-corrected chi connectivity index (χ3v) is 2.28. The van der Waals surface area contributed by atoms with Crippen molar-refractivity contribution in [2.24, 2.45) is 5.73 Å². The Bertz CT molecular complexity index is 260. The number of halogens is 1. The minimum Gasteiger partial charge on any atom is -0.397 e. The zero-order chi connectivity index (χ0) is 8.43. The fraction of sp³-hybridized carbons (Fsp3) is 0.286. The first kappa shape index (κ1) is 8.73. The van der Waals surface area contributed by atoms with Gasteiger partial charge in [-0.3, -0.25) is 0 Å². The van der Waals surface area contributed by atoms with Gasteiger partial charge in [0.05, 0.1) is 11.9 Å². The third-order valence-electron chi connectivity index (χ3n) is 1.38. The molecule has 1 aromatic rings. The molecule has 0 aliphatic carbocycles. The molecule has 1 unspecified atom stereocenters. The van der Waals surface area contributed by atoms with Gasteiger partial charge in [-0.05, 0) is 35.6 Å². The zero-order valence-corrected chi connectivity index (χ0v) is 8.37. The monoisotopic (exact) mass is 263 g/mol. The van der Waals surface area contributed by atoms with E-state index in [1.165, 1.54) is 0 Å². The Morgan fingerprint density at radius 2 is 2.27 bits per heavy atom. The molecule has 0 aliphatic rings. The number of nitrogens with two attached hydrogens (primary N) is 2. The topological polar surface area (TPSA) is 64.9 Å². The largest absolute Gasteiger partial charge is 0.397 e. The van der Waals surface area contributed by atoms with Crippen molar-refractivity contribution in [3.63, 3.8) is 0 Å². The Morgan fingerprint density at radius 1 is 1.64 bits per heavy atom. The van der Waals surface area contributed by atoms with Crippen LogP contribution in [-0.4, -0.2) is 4.98 Å². The van der Waals surface area contributed by atoms with Crippen LogP contribution in [-0.2, 0) is 0 Å². The molecule has 0 amide bonds. The van der Waals surface area contributed by atoms with E-state index in [0.29, 0.717) is 5.69 Å². The minimum absolute atomic E-state index is 0.00194. The summed E-state index contributed by atoms with van der Waals surface area (Å²) in [6, 6.07) is 1.86. The molecule has 4 heteroatoms. The molecule has 3 nitrogen and oxygen atoms in total. The molecule has 1 aromatic heterocycles. The van der Waals surface area contributed by atoms with E-state index in [2.05, 4.69) is 27.6 Å². The van der Waals surface area contributed by atoms with Crippen LogP contribution in [0, 0.1) is 3.70 Å². The maximum Gasteiger partial charge on any atom is 0.106 e. The SMILES string of the molecule is CC(N)c1cc(N)cnc1I. The first-order valence-corrected chi connectivity index (χ1v) is 4.35. The summed E-state index contributed by atoms with van der Waals surface area (Å²) in [4.78, 5) is 4.08. The van der Waals surface area contributed by atoms with Crippen LogP contribution in [0.25, 0.3) is 0 Å². The highest BCUT2D eigenvalue weighted by Crippen LogP contribution is 2.17. The first-order chi connectivity index (χ1) is 5.11. The molecule has 0 saturated heterocycles. The van der Waals surface area contributed by atoms with E-state index in [-0.39, 0.29) is 6.04 Å². The summed E-state index contributed by atoms with van der Waals surface area (Å²) in [5.41, 5.74) is 12.9. The summed E-state index contributed by atoms with van der Waals surface area (Å²) in [5, 5.41) is 0. The molecule has 0 spiro atoms. The number of pyridine rings is 1. The Kier molecular flexibility index (Phi) is 2.67. The van der Waals surface area contributed by atoms with Crippen LogP contribution < -0.4 is 11.5 Å². The van der Waals surface area contributed by atoms with Gasteiger partial charge in [0.2, 0.25) is 0 Å². The quantitative estimate of drug-likeness (QED) is 0.592. The average Bonchev–Trinajstić information content (AvgIpc) is 1.94. The number of anilines is 1. The maximum absolute atomic E-state index is 5.68. The van der Waals surface area contributed by atoms with Crippen molar-refractivity contribution in [1.82, 2.24) is 4.98 Å². The van der Waals surface area contributed by atoms with E-state index >= 15 is 0 Å². The summed E-state index contributed by atoms with van der Waals surface area (Å²) >= 11 is 2.15. The molecule has 0 aromatic carbocycles. The van der Waals surface area contributed by atoms with Crippen molar-refractivity contribution < 1.29 is 0 Å². The van der Waals surface area contributed by atoms with Crippen molar-refractivity contribution in [2.75, 3.05) is 5.73 Å². The van der Waals surface area contributed by atoms with Crippen molar-refractivity contribution in [3.8, 4) is 0 Å². The van der Waals surface area contributed by atoms with Crippen LogP contribution in [0.1, 0.15) is 18.5 Å². The molecule has 0 aliphatic heterocycles. The molecular formula is C7H10IN3. The molecule has 60 valence electrons. The minimum atomic E-state index is -0.00194. The van der Waals surface area contributed by atoms with Gasteiger partial charge >= 0.3 is 0 Å². The van der Waals surface area contributed by atoms with Crippen molar-refractivity contribution in [1.29, 1.82) is 0 Å². The standard InChI is InChI=1S/C7H10IN3/c1-4(9)6-2-5(10)3-11-7(6)8/h2-4H,9-10H2,1H3. The molecular weight excluding hydrogens is 253 g/mol. The number of nitrogen functional groups attached to an aromatic ring is 1. The Morgan fingerprint density at radius 3 is 2.73 bits per heavy atom. The second-order valence-corrected chi connectivity index (χ2v) is 3.46. The lowest BCUT2D eigenvalue weighted by Gasteiger charge is -2.07. The molecule has 0 saturated carbocycles. The maximum atomic E-state index is 5.68. The van der Waals surface area contributed by atoms with E-state index in [1.807, 2.05) is 13.0 Å².